The van der Waals surface area contributed by atoms with Crippen LogP contribution in [-0.4, -0.2) is 17.9 Å². The molecule has 0 aliphatic heterocycles. The maximum Gasteiger partial charge on any atom is 0.160 e. The molecule has 0 saturated heterocycles. The van der Waals surface area contributed by atoms with Crippen LogP contribution in [0.15, 0.2) is 12.4 Å². The monoisotopic (exact) mass is 205 g/mol. The molecule has 0 bridgehead atoms. The van der Waals surface area contributed by atoms with E-state index in [9.17, 15) is 4.79 Å². The minimum Gasteiger partial charge on any atom is -0.483 e. The molecule has 64 valence electrons. The third kappa shape index (κ3) is 2.09. The summed E-state index contributed by atoms with van der Waals surface area (Å²) in [5, 5.41) is 0.591. The van der Waals surface area contributed by atoms with Crippen molar-refractivity contribution in [1.82, 2.24) is 4.98 Å². The number of ether oxygens (including phenoxy) is 1. The lowest BCUT2D eigenvalue weighted by Crippen LogP contribution is -1.98. The molecule has 0 aliphatic rings. The summed E-state index contributed by atoms with van der Waals surface area (Å²) >= 11 is 11.4. The van der Waals surface area contributed by atoms with Crippen LogP contribution in [0.4, 0.5) is 0 Å². The Balaban J connectivity index is 2.88. The predicted octanol–water partition coefficient (Wildman–Crippen LogP) is 1.97. The van der Waals surface area contributed by atoms with E-state index in [-0.39, 0.29) is 6.61 Å². The fourth-order valence-corrected chi connectivity index (χ4v) is 1.13. The number of aldehydes is 1. The summed E-state index contributed by atoms with van der Waals surface area (Å²) in [4.78, 5) is 13.7. The molecule has 0 spiro atoms. The third-order valence-electron chi connectivity index (χ3n) is 1.11. The molecule has 0 amide bonds. The van der Waals surface area contributed by atoms with Crippen LogP contribution in [0.25, 0.3) is 0 Å². The van der Waals surface area contributed by atoms with Crippen molar-refractivity contribution in [3.63, 3.8) is 0 Å². The quantitative estimate of drug-likeness (QED) is 0.709. The second kappa shape index (κ2) is 4.28. The highest BCUT2D eigenvalue weighted by atomic mass is 35.5. The largest absolute Gasteiger partial charge is 0.483 e. The SMILES string of the molecule is O=CCOc1c(Cl)cncc1Cl. The second-order valence-electron chi connectivity index (χ2n) is 1.91. The molecule has 0 N–H and O–H groups in total. The van der Waals surface area contributed by atoms with Gasteiger partial charge in [0.25, 0.3) is 0 Å². The number of halogens is 2. The topological polar surface area (TPSA) is 39.2 Å². The zero-order valence-electron chi connectivity index (χ0n) is 5.96. The van der Waals surface area contributed by atoms with Crippen LogP contribution in [0.2, 0.25) is 10.0 Å². The summed E-state index contributed by atoms with van der Waals surface area (Å²) in [6.07, 6.45) is 3.41. The molecule has 0 aromatic carbocycles. The van der Waals surface area contributed by atoms with Crippen molar-refractivity contribution < 1.29 is 9.53 Å². The van der Waals surface area contributed by atoms with E-state index in [0.29, 0.717) is 22.1 Å². The lowest BCUT2D eigenvalue weighted by Gasteiger charge is -2.04. The van der Waals surface area contributed by atoms with E-state index in [2.05, 4.69) is 4.98 Å². The van der Waals surface area contributed by atoms with E-state index < -0.39 is 0 Å². The highest BCUT2D eigenvalue weighted by Gasteiger charge is 2.06. The van der Waals surface area contributed by atoms with Crippen LogP contribution in [0.3, 0.4) is 0 Å². The summed E-state index contributed by atoms with van der Waals surface area (Å²) in [6.45, 7) is -0.0660. The summed E-state index contributed by atoms with van der Waals surface area (Å²) < 4.78 is 4.94. The Morgan fingerprint density at radius 3 is 2.50 bits per heavy atom. The van der Waals surface area contributed by atoms with Crippen LogP contribution >= 0.6 is 23.2 Å². The van der Waals surface area contributed by atoms with E-state index >= 15 is 0 Å². The lowest BCUT2D eigenvalue weighted by atomic mass is 10.4. The van der Waals surface area contributed by atoms with Gasteiger partial charge in [0.1, 0.15) is 16.7 Å². The molecule has 0 atom stereocenters. The highest BCUT2D eigenvalue weighted by Crippen LogP contribution is 2.30. The standard InChI is InChI=1S/C7H5Cl2NO2/c8-5-3-10-4-6(9)7(5)12-2-1-11/h1,3-4H,2H2. The summed E-state index contributed by atoms with van der Waals surface area (Å²) in [6, 6.07) is 0. The number of aromatic nitrogens is 1. The number of hydrogen-bond acceptors (Lipinski definition) is 3. The molecule has 0 fully saturated rings. The van der Waals surface area contributed by atoms with Gasteiger partial charge in [-0.15, -0.1) is 0 Å². The number of hydrogen-bond donors (Lipinski definition) is 0. The summed E-state index contributed by atoms with van der Waals surface area (Å²) in [5.41, 5.74) is 0. The van der Waals surface area contributed by atoms with Crippen LogP contribution in [-0.2, 0) is 4.79 Å². The molecule has 1 heterocycles. The number of nitrogens with zero attached hydrogens (tertiary/aromatic N) is 1. The van der Waals surface area contributed by atoms with Crippen LogP contribution in [0.1, 0.15) is 0 Å². The first-order chi connectivity index (χ1) is 5.75. The second-order valence-corrected chi connectivity index (χ2v) is 2.72. The molecule has 1 aromatic rings. The molecule has 3 nitrogen and oxygen atoms in total. The van der Waals surface area contributed by atoms with E-state index in [1.165, 1.54) is 12.4 Å². The molecule has 1 aromatic heterocycles. The third-order valence-corrected chi connectivity index (χ3v) is 1.64. The van der Waals surface area contributed by atoms with Gasteiger partial charge >= 0.3 is 0 Å². The Hall–Kier alpha value is -0.800. The van der Waals surface area contributed by atoms with Crippen molar-refractivity contribution in [2.75, 3.05) is 6.61 Å². The Kier molecular flexibility index (Phi) is 3.31. The number of carbonyl (C=O) groups is 1. The fourth-order valence-electron chi connectivity index (χ4n) is 0.655. The smallest absolute Gasteiger partial charge is 0.160 e. The van der Waals surface area contributed by atoms with Gasteiger partial charge in [-0.1, -0.05) is 23.2 Å². The van der Waals surface area contributed by atoms with Crippen molar-refractivity contribution in [1.29, 1.82) is 0 Å². The number of pyridine rings is 1. The Morgan fingerprint density at radius 1 is 1.42 bits per heavy atom. The number of rotatable bonds is 3. The number of carbonyl (C=O) groups excluding carboxylic acids is 1. The summed E-state index contributed by atoms with van der Waals surface area (Å²) in [7, 11) is 0. The predicted molar refractivity (Wildman–Crippen MR) is 45.8 cm³/mol. The van der Waals surface area contributed by atoms with Crippen LogP contribution in [0.5, 0.6) is 5.75 Å². The van der Waals surface area contributed by atoms with Gasteiger partial charge in [0, 0.05) is 12.4 Å². The Labute approximate surface area is 79.3 Å². The Bertz CT molecular complexity index is 270. The molecule has 0 radical (unpaired) electrons. The van der Waals surface area contributed by atoms with Gasteiger partial charge in [0.05, 0.1) is 0 Å². The first kappa shape index (κ1) is 9.29. The van der Waals surface area contributed by atoms with Gasteiger partial charge < -0.3 is 4.74 Å². The minimum absolute atomic E-state index is 0.0660. The first-order valence-corrected chi connectivity index (χ1v) is 3.86. The Morgan fingerprint density at radius 2 is 2.00 bits per heavy atom. The van der Waals surface area contributed by atoms with Crippen molar-refractivity contribution in [3.05, 3.63) is 22.4 Å². The maximum atomic E-state index is 9.97. The van der Waals surface area contributed by atoms with Crippen molar-refractivity contribution in [3.8, 4) is 5.75 Å². The van der Waals surface area contributed by atoms with Gasteiger partial charge in [-0.25, -0.2) is 0 Å². The minimum atomic E-state index is -0.0660. The molecule has 0 unspecified atom stereocenters. The van der Waals surface area contributed by atoms with E-state index in [1.54, 1.807) is 0 Å². The highest BCUT2D eigenvalue weighted by molar-refractivity contribution is 6.36. The molecule has 0 aliphatic carbocycles. The van der Waals surface area contributed by atoms with E-state index in [4.69, 9.17) is 27.9 Å². The van der Waals surface area contributed by atoms with E-state index in [1.807, 2.05) is 0 Å². The molecule has 5 heteroatoms. The molecule has 0 saturated carbocycles. The van der Waals surface area contributed by atoms with Gasteiger partial charge in [-0.3, -0.25) is 9.78 Å². The molecule has 1 rings (SSSR count). The zero-order chi connectivity index (χ0) is 8.97. The normalized spacial score (nSPS) is 9.50. The van der Waals surface area contributed by atoms with Gasteiger partial charge in [-0.05, 0) is 0 Å². The maximum absolute atomic E-state index is 9.97. The van der Waals surface area contributed by atoms with Gasteiger partial charge in [-0.2, -0.15) is 0 Å². The molecular weight excluding hydrogens is 201 g/mol. The van der Waals surface area contributed by atoms with Crippen LogP contribution < -0.4 is 4.74 Å². The summed E-state index contributed by atoms with van der Waals surface area (Å²) in [5.74, 6) is 0.292. The van der Waals surface area contributed by atoms with Crippen molar-refractivity contribution in [2.45, 2.75) is 0 Å². The molecule has 12 heavy (non-hydrogen) atoms. The van der Waals surface area contributed by atoms with Gasteiger partial charge in [0.15, 0.2) is 12.0 Å². The average Bonchev–Trinajstić information content (AvgIpc) is 2.04. The van der Waals surface area contributed by atoms with Gasteiger partial charge in [0.2, 0.25) is 0 Å². The molecular formula is C7H5Cl2NO2. The first-order valence-electron chi connectivity index (χ1n) is 3.11. The van der Waals surface area contributed by atoms with E-state index in [0.717, 1.165) is 0 Å². The van der Waals surface area contributed by atoms with Crippen molar-refractivity contribution in [2.24, 2.45) is 0 Å². The van der Waals surface area contributed by atoms with Crippen LogP contribution in [0, 0.1) is 0 Å². The average molecular weight is 206 g/mol. The zero-order valence-corrected chi connectivity index (χ0v) is 7.47. The fraction of sp³-hybridized carbons (Fsp3) is 0.143. The lowest BCUT2D eigenvalue weighted by molar-refractivity contribution is -0.109. The van der Waals surface area contributed by atoms with Crippen molar-refractivity contribution >= 4 is 29.5 Å².